The van der Waals surface area contributed by atoms with Gasteiger partial charge in [-0.25, -0.2) is 9.59 Å². The third-order valence-electron chi connectivity index (χ3n) is 4.90. The van der Waals surface area contributed by atoms with Gasteiger partial charge in [-0.2, -0.15) is 0 Å². The van der Waals surface area contributed by atoms with Gasteiger partial charge < -0.3 is 33.7 Å². The molecule has 0 saturated carbocycles. The topological polar surface area (TPSA) is 136 Å². The van der Waals surface area contributed by atoms with Crippen LogP contribution in [0.2, 0.25) is 0 Å². The summed E-state index contributed by atoms with van der Waals surface area (Å²) in [6, 6.07) is 3.71. The maximum atomic E-state index is 12.4. The lowest BCUT2D eigenvalue weighted by molar-refractivity contribution is -0.144. The zero-order chi connectivity index (χ0) is 30.5. The normalized spacial score (nSPS) is 12.3. The number of hydrogen-bond acceptors (Lipinski definition) is 11. The smallest absolute Gasteiger partial charge is 0.468 e. The molecule has 0 spiro atoms. The first-order valence-electron chi connectivity index (χ1n) is 13.3. The van der Waals surface area contributed by atoms with E-state index in [9.17, 15) is 19.2 Å². The van der Waals surface area contributed by atoms with Gasteiger partial charge in [0.05, 0.1) is 20.3 Å². The van der Waals surface area contributed by atoms with E-state index in [0.29, 0.717) is 12.0 Å². The second-order valence-corrected chi connectivity index (χ2v) is 12.2. The van der Waals surface area contributed by atoms with E-state index in [1.807, 2.05) is 55.4 Å². The highest BCUT2D eigenvalue weighted by molar-refractivity contribution is 5.76. The summed E-state index contributed by atoms with van der Waals surface area (Å²) in [4.78, 5) is 48.8. The molecule has 0 fully saturated rings. The summed E-state index contributed by atoms with van der Waals surface area (Å²) >= 11 is 0. The van der Waals surface area contributed by atoms with E-state index in [-0.39, 0.29) is 67.0 Å². The predicted molar refractivity (Wildman–Crippen MR) is 147 cm³/mol. The van der Waals surface area contributed by atoms with Gasteiger partial charge in [-0.05, 0) is 40.9 Å². The SMILES string of the molecule is COC(=O)[C@H](Cc1ccc(OC(=O)OCC(C)(C)C)c(OC(=O)OCC(C)(C)C)c1)NCCOC(=O)CC(C)C. The van der Waals surface area contributed by atoms with Crippen molar-refractivity contribution in [3.8, 4) is 11.5 Å². The Morgan fingerprint density at radius 1 is 0.825 bits per heavy atom. The van der Waals surface area contributed by atoms with Gasteiger partial charge in [0.2, 0.25) is 0 Å². The minimum Gasteiger partial charge on any atom is -0.468 e. The van der Waals surface area contributed by atoms with Crippen molar-refractivity contribution in [2.24, 2.45) is 16.7 Å². The van der Waals surface area contributed by atoms with Crippen molar-refractivity contribution < 1.29 is 47.6 Å². The highest BCUT2D eigenvalue weighted by Crippen LogP contribution is 2.30. The summed E-state index contributed by atoms with van der Waals surface area (Å²) < 4.78 is 31.1. The largest absolute Gasteiger partial charge is 0.513 e. The lowest BCUT2D eigenvalue weighted by Gasteiger charge is -2.20. The van der Waals surface area contributed by atoms with Crippen molar-refractivity contribution in [1.82, 2.24) is 5.32 Å². The molecule has 0 aliphatic carbocycles. The van der Waals surface area contributed by atoms with Crippen LogP contribution in [0.3, 0.4) is 0 Å². The van der Waals surface area contributed by atoms with E-state index in [0.717, 1.165) is 0 Å². The second kappa shape index (κ2) is 16.1. The third-order valence-corrected chi connectivity index (χ3v) is 4.90. The number of carbonyl (C=O) groups is 4. The van der Waals surface area contributed by atoms with Gasteiger partial charge in [0.15, 0.2) is 11.5 Å². The molecule has 1 N–H and O–H groups in total. The Hall–Kier alpha value is -3.34. The Morgan fingerprint density at radius 3 is 1.88 bits per heavy atom. The Balaban J connectivity index is 3.04. The average molecular weight is 568 g/mol. The number of rotatable bonds is 13. The Morgan fingerprint density at radius 2 is 1.38 bits per heavy atom. The van der Waals surface area contributed by atoms with E-state index in [4.69, 9.17) is 28.4 Å². The van der Waals surface area contributed by atoms with Crippen molar-refractivity contribution in [2.75, 3.05) is 33.5 Å². The van der Waals surface area contributed by atoms with E-state index in [1.54, 1.807) is 6.07 Å². The molecule has 11 nitrogen and oxygen atoms in total. The van der Waals surface area contributed by atoms with Crippen LogP contribution >= 0.6 is 0 Å². The van der Waals surface area contributed by atoms with Crippen molar-refractivity contribution in [3.63, 3.8) is 0 Å². The molecule has 0 saturated heterocycles. The Bertz CT molecular complexity index is 992. The number of carbonyl (C=O) groups excluding carboxylic acids is 4. The van der Waals surface area contributed by atoms with Crippen LogP contribution in [0.25, 0.3) is 0 Å². The number of benzene rings is 1. The number of ether oxygens (including phenoxy) is 6. The molecule has 1 atom stereocenters. The summed E-state index contributed by atoms with van der Waals surface area (Å²) in [6.45, 7) is 15.7. The van der Waals surface area contributed by atoms with Crippen molar-refractivity contribution >= 4 is 24.2 Å². The van der Waals surface area contributed by atoms with Crippen molar-refractivity contribution in [2.45, 2.75) is 74.3 Å². The molecule has 1 aromatic rings. The van der Waals surface area contributed by atoms with Crippen LogP contribution in [0.1, 0.15) is 67.4 Å². The average Bonchev–Trinajstić information content (AvgIpc) is 2.83. The zero-order valence-electron chi connectivity index (χ0n) is 25.2. The molecule has 0 radical (unpaired) electrons. The molecule has 0 amide bonds. The molecule has 1 rings (SSSR count). The van der Waals surface area contributed by atoms with E-state index < -0.39 is 24.3 Å². The number of methoxy groups -OCH3 is 1. The molecule has 226 valence electrons. The van der Waals surface area contributed by atoms with Gasteiger partial charge in [0, 0.05) is 13.0 Å². The molecule has 0 aliphatic heterocycles. The lowest BCUT2D eigenvalue weighted by atomic mass is 9.99. The van der Waals surface area contributed by atoms with Crippen LogP contribution < -0.4 is 14.8 Å². The van der Waals surface area contributed by atoms with Crippen molar-refractivity contribution in [3.05, 3.63) is 23.8 Å². The summed E-state index contributed by atoms with van der Waals surface area (Å²) in [7, 11) is 1.26. The van der Waals surface area contributed by atoms with Crippen LogP contribution in [0.4, 0.5) is 9.59 Å². The molecular weight excluding hydrogens is 522 g/mol. The monoisotopic (exact) mass is 567 g/mol. The van der Waals surface area contributed by atoms with Gasteiger partial charge in [-0.15, -0.1) is 0 Å². The van der Waals surface area contributed by atoms with E-state index in [1.165, 1.54) is 19.2 Å². The summed E-state index contributed by atoms with van der Waals surface area (Å²) in [5, 5.41) is 3.01. The minimum absolute atomic E-state index is 0.0602. The Kier molecular flexibility index (Phi) is 13.9. The third kappa shape index (κ3) is 15.3. The number of hydrogen-bond donors (Lipinski definition) is 1. The van der Waals surface area contributed by atoms with Crippen LogP contribution in [-0.2, 0) is 35.0 Å². The summed E-state index contributed by atoms with van der Waals surface area (Å²) in [5.74, 6) is -0.821. The molecule has 0 aliphatic rings. The van der Waals surface area contributed by atoms with Gasteiger partial charge >= 0.3 is 24.2 Å². The van der Waals surface area contributed by atoms with E-state index in [2.05, 4.69) is 5.32 Å². The van der Waals surface area contributed by atoms with Gasteiger partial charge in [0.25, 0.3) is 0 Å². The second-order valence-electron chi connectivity index (χ2n) is 12.2. The fraction of sp³-hybridized carbons (Fsp3) is 0.655. The molecule has 0 aromatic heterocycles. The molecule has 40 heavy (non-hydrogen) atoms. The van der Waals surface area contributed by atoms with E-state index >= 15 is 0 Å². The maximum absolute atomic E-state index is 12.4. The van der Waals surface area contributed by atoms with Crippen LogP contribution in [0, 0.1) is 16.7 Å². The first kappa shape index (κ1) is 34.7. The molecular formula is C29H45NO10. The molecule has 1 aromatic carbocycles. The van der Waals surface area contributed by atoms with Gasteiger partial charge in [-0.3, -0.25) is 9.59 Å². The highest BCUT2D eigenvalue weighted by Gasteiger charge is 2.23. The first-order chi connectivity index (χ1) is 18.5. The van der Waals surface area contributed by atoms with Crippen LogP contribution in [-0.4, -0.2) is 63.8 Å². The highest BCUT2D eigenvalue weighted by atomic mass is 16.7. The fourth-order valence-electron chi connectivity index (χ4n) is 3.04. The minimum atomic E-state index is -0.981. The van der Waals surface area contributed by atoms with Crippen molar-refractivity contribution in [1.29, 1.82) is 0 Å². The zero-order valence-corrected chi connectivity index (χ0v) is 25.2. The first-order valence-corrected chi connectivity index (χ1v) is 13.3. The predicted octanol–water partition coefficient (Wildman–Crippen LogP) is 5.07. The quantitative estimate of drug-likeness (QED) is 0.148. The van der Waals surface area contributed by atoms with Crippen LogP contribution in [0.15, 0.2) is 18.2 Å². The molecule has 0 unspecified atom stereocenters. The molecule has 11 heteroatoms. The standard InChI is InChI=1S/C29H45NO10/c1-19(2)14-24(31)36-13-12-30-21(25(32)35-9)15-20-10-11-22(39-26(33)37-17-28(3,4)5)23(16-20)40-27(34)38-18-29(6,7)8/h10-11,16,19,21,30H,12-15,17-18H2,1-9H3/t21-/m0/s1. The summed E-state index contributed by atoms with van der Waals surface area (Å²) in [6.07, 6.45) is -1.50. The summed E-state index contributed by atoms with van der Waals surface area (Å²) in [5.41, 5.74) is -0.00471. The van der Waals surface area contributed by atoms with Gasteiger partial charge in [-0.1, -0.05) is 61.5 Å². The maximum Gasteiger partial charge on any atom is 0.513 e. The fourth-order valence-corrected chi connectivity index (χ4v) is 3.04. The molecule has 0 bridgehead atoms. The molecule has 0 heterocycles. The van der Waals surface area contributed by atoms with Crippen LogP contribution in [0.5, 0.6) is 11.5 Å². The number of esters is 2. The number of nitrogens with one attached hydrogen (secondary N) is 1. The van der Waals surface area contributed by atoms with Gasteiger partial charge in [0.1, 0.15) is 12.6 Å². The Labute approximate surface area is 237 Å². The lowest BCUT2D eigenvalue weighted by Crippen LogP contribution is -2.41.